The summed E-state index contributed by atoms with van der Waals surface area (Å²) in [5.74, 6) is 0.537. The number of hydrogen-bond acceptors (Lipinski definition) is 3. The summed E-state index contributed by atoms with van der Waals surface area (Å²) in [7, 11) is 0. The molecule has 1 aromatic heterocycles. The van der Waals surface area contributed by atoms with E-state index in [-0.39, 0.29) is 30.1 Å². The number of hydrogen-bond donors (Lipinski definition) is 2. The molecular formula is C20H30IN5O2. The van der Waals surface area contributed by atoms with E-state index >= 15 is 0 Å². The van der Waals surface area contributed by atoms with Crippen molar-refractivity contribution in [1.82, 2.24) is 14.8 Å². The lowest BCUT2D eigenvalue weighted by molar-refractivity contribution is 0.0186. The van der Waals surface area contributed by atoms with E-state index in [2.05, 4.69) is 28.2 Å². The van der Waals surface area contributed by atoms with Crippen LogP contribution in [-0.2, 0) is 11.2 Å². The van der Waals surface area contributed by atoms with Crippen LogP contribution < -0.4 is 5.73 Å². The van der Waals surface area contributed by atoms with Gasteiger partial charge in [-0.15, -0.1) is 24.0 Å². The number of guanidine groups is 1. The Morgan fingerprint density at radius 3 is 2.46 bits per heavy atom. The molecule has 0 atom stereocenters. The monoisotopic (exact) mass is 499 g/mol. The molecule has 1 aliphatic heterocycles. The first-order valence-electron chi connectivity index (χ1n) is 9.41. The van der Waals surface area contributed by atoms with E-state index in [1.54, 1.807) is 4.90 Å². The minimum absolute atomic E-state index is 0. The first-order valence-corrected chi connectivity index (χ1v) is 9.41. The smallest absolute Gasteiger partial charge is 0.410 e. The SMILES string of the molecule is CC(C)(C)OC(=O)N1CCN(C(N)=NCCc2cc3ccccc3[nH]2)CC1.I. The standard InChI is InChI=1S/C20H29N5O2.HI/c1-20(2,3)27-19(26)25-12-10-24(11-13-25)18(21)22-9-8-16-14-15-6-4-5-7-17(15)23-16;/h4-7,14,23H,8-13H2,1-3H3,(H2,21,22);1H. The molecule has 2 heterocycles. The summed E-state index contributed by atoms with van der Waals surface area (Å²) >= 11 is 0. The van der Waals surface area contributed by atoms with Gasteiger partial charge in [-0.05, 0) is 38.3 Å². The Balaban J connectivity index is 0.00000280. The molecule has 8 heteroatoms. The summed E-state index contributed by atoms with van der Waals surface area (Å²) in [6.45, 7) is 8.77. The lowest BCUT2D eigenvalue weighted by Crippen LogP contribution is -2.53. The van der Waals surface area contributed by atoms with Crippen LogP contribution in [0.3, 0.4) is 0 Å². The van der Waals surface area contributed by atoms with Crippen LogP contribution in [0.2, 0.25) is 0 Å². The zero-order valence-corrected chi connectivity index (χ0v) is 19.1. The first-order chi connectivity index (χ1) is 12.8. The third-order valence-electron chi connectivity index (χ3n) is 4.50. The zero-order valence-electron chi connectivity index (χ0n) is 16.8. The minimum Gasteiger partial charge on any atom is -0.444 e. The van der Waals surface area contributed by atoms with Gasteiger partial charge in [-0.25, -0.2) is 4.79 Å². The molecule has 0 bridgehead atoms. The number of piperazine rings is 1. The van der Waals surface area contributed by atoms with Crippen LogP contribution in [0.1, 0.15) is 26.5 Å². The van der Waals surface area contributed by atoms with E-state index in [0.717, 1.165) is 17.6 Å². The van der Waals surface area contributed by atoms with Gasteiger partial charge in [0.2, 0.25) is 0 Å². The van der Waals surface area contributed by atoms with Crippen molar-refractivity contribution in [2.24, 2.45) is 10.7 Å². The molecule has 1 fully saturated rings. The summed E-state index contributed by atoms with van der Waals surface area (Å²) < 4.78 is 5.42. The Hall–Kier alpha value is -1.97. The van der Waals surface area contributed by atoms with Crippen LogP contribution in [-0.4, -0.2) is 65.2 Å². The number of aliphatic imine (C=N–C) groups is 1. The number of nitrogens with one attached hydrogen (secondary N) is 1. The molecule has 28 heavy (non-hydrogen) atoms. The lowest BCUT2D eigenvalue weighted by atomic mass is 10.2. The largest absolute Gasteiger partial charge is 0.444 e. The van der Waals surface area contributed by atoms with E-state index in [9.17, 15) is 4.79 Å². The number of carbonyl (C=O) groups excluding carboxylic acids is 1. The Bertz CT molecular complexity index is 786. The molecule has 0 aliphatic carbocycles. The van der Waals surface area contributed by atoms with Crippen molar-refractivity contribution < 1.29 is 9.53 Å². The Kier molecular flexibility index (Phi) is 7.56. The van der Waals surface area contributed by atoms with E-state index in [1.165, 1.54) is 5.39 Å². The average molecular weight is 499 g/mol. The van der Waals surface area contributed by atoms with Crippen LogP contribution in [0.25, 0.3) is 10.9 Å². The summed E-state index contributed by atoms with van der Waals surface area (Å²) in [6, 6.07) is 10.4. The van der Waals surface area contributed by atoms with Gasteiger partial charge in [0.1, 0.15) is 5.60 Å². The second-order valence-electron chi connectivity index (χ2n) is 7.83. The van der Waals surface area contributed by atoms with Crippen molar-refractivity contribution in [3.63, 3.8) is 0 Å². The maximum Gasteiger partial charge on any atom is 0.410 e. The molecule has 1 aromatic carbocycles. The van der Waals surface area contributed by atoms with Gasteiger partial charge in [-0.2, -0.15) is 0 Å². The van der Waals surface area contributed by atoms with Crippen LogP contribution >= 0.6 is 24.0 Å². The summed E-state index contributed by atoms with van der Waals surface area (Å²) in [5, 5.41) is 1.21. The number of para-hydroxylation sites is 1. The van der Waals surface area contributed by atoms with E-state index in [4.69, 9.17) is 10.5 Å². The van der Waals surface area contributed by atoms with Gasteiger partial charge < -0.3 is 25.3 Å². The third-order valence-corrected chi connectivity index (χ3v) is 4.50. The van der Waals surface area contributed by atoms with E-state index in [0.29, 0.717) is 38.7 Å². The summed E-state index contributed by atoms with van der Waals surface area (Å²) in [5.41, 5.74) is 7.96. The molecule has 1 aliphatic rings. The van der Waals surface area contributed by atoms with Crippen molar-refractivity contribution in [2.45, 2.75) is 32.8 Å². The zero-order chi connectivity index (χ0) is 19.4. The predicted molar refractivity (Wildman–Crippen MR) is 123 cm³/mol. The van der Waals surface area contributed by atoms with Gasteiger partial charge in [-0.1, -0.05) is 18.2 Å². The van der Waals surface area contributed by atoms with E-state index in [1.807, 2.05) is 37.8 Å². The fraction of sp³-hybridized carbons (Fsp3) is 0.500. The van der Waals surface area contributed by atoms with Crippen molar-refractivity contribution in [3.8, 4) is 0 Å². The van der Waals surface area contributed by atoms with Gasteiger partial charge in [0.15, 0.2) is 5.96 Å². The van der Waals surface area contributed by atoms with Crippen LogP contribution in [0.4, 0.5) is 4.79 Å². The Morgan fingerprint density at radius 2 is 1.82 bits per heavy atom. The number of nitrogens with two attached hydrogens (primary N) is 1. The molecule has 2 aromatic rings. The van der Waals surface area contributed by atoms with Crippen LogP contribution in [0, 0.1) is 0 Å². The molecule has 0 radical (unpaired) electrons. The maximum absolute atomic E-state index is 12.1. The quantitative estimate of drug-likeness (QED) is 0.386. The number of amides is 1. The molecule has 0 unspecified atom stereocenters. The number of rotatable bonds is 3. The fourth-order valence-corrected chi connectivity index (χ4v) is 3.10. The topological polar surface area (TPSA) is 86.9 Å². The highest BCUT2D eigenvalue weighted by Gasteiger charge is 2.26. The van der Waals surface area contributed by atoms with Gasteiger partial charge in [0.25, 0.3) is 0 Å². The van der Waals surface area contributed by atoms with Gasteiger partial charge >= 0.3 is 6.09 Å². The van der Waals surface area contributed by atoms with Crippen LogP contribution in [0.15, 0.2) is 35.3 Å². The number of ether oxygens (including phenoxy) is 1. The van der Waals surface area contributed by atoms with Crippen LogP contribution in [0.5, 0.6) is 0 Å². The minimum atomic E-state index is -0.475. The van der Waals surface area contributed by atoms with Crippen molar-refractivity contribution >= 4 is 46.9 Å². The number of aromatic nitrogens is 1. The number of benzene rings is 1. The number of H-pyrrole nitrogens is 1. The first kappa shape index (κ1) is 22.3. The molecule has 154 valence electrons. The normalized spacial score (nSPS) is 15.5. The highest BCUT2D eigenvalue weighted by molar-refractivity contribution is 14.0. The number of nitrogens with zero attached hydrogens (tertiary/aromatic N) is 3. The Labute approximate surface area is 183 Å². The van der Waals surface area contributed by atoms with Gasteiger partial charge in [-0.3, -0.25) is 4.99 Å². The number of halogens is 1. The molecule has 3 N–H and O–H groups in total. The highest BCUT2D eigenvalue weighted by Crippen LogP contribution is 2.15. The van der Waals surface area contributed by atoms with Crippen molar-refractivity contribution in [3.05, 3.63) is 36.0 Å². The summed E-state index contributed by atoms with van der Waals surface area (Å²) in [4.78, 5) is 23.8. The number of carbonyl (C=O) groups is 1. The lowest BCUT2D eigenvalue weighted by Gasteiger charge is -2.36. The molecule has 1 saturated heterocycles. The molecule has 7 nitrogen and oxygen atoms in total. The Morgan fingerprint density at radius 1 is 1.18 bits per heavy atom. The van der Waals surface area contributed by atoms with E-state index < -0.39 is 5.60 Å². The average Bonchev–Trinajstić information content (AvgIpc) is 3.03. The van der Waals surface area contributed by atoms with Crippen molar-refractivity contribution in [1.29, 1.82) is 0 Å². The molecule has 0 spiro atoms. The number of aromatic amines is 1. The van der Waals surface area contributed by atoms with Gasteiger partial charge in [0.05, 0.1) is 0 Å². The third kappa shape index (κ3) is 6.02. The molecule has 3 rings (SSSR count). The molecule has 1 amide bonds. The highest BCUT2D eigenvalue weighted by atomic mass is 127. The molecule has 0 saturated carbocycles. The van der Waals surface area contributed by atoms with Crippen molar-refractivity contribution in [2.75, 3.05) is 32.7 Å². The van der Waals surface area contributed by atoms with Gasteiger partial charge in [0, 0.05) is 50.4 Å². The second kappa shape index (κ2) is 9.49. The maximum atomic E-state index is 12.1. The second-order valence-corrected chi connectivity index (χ2v) is 7.83. The number of fused-ring (bicyclic) bond motifs is 1. The fourth-order valence-electron chi connectivity index (χ4n) is 3.10. The predicted octanol–water partition coefficient (Wildman–Crippen LogP) is 3.20. The summed E-state index contributed by atoms with van der Waals surface area (Å²) in [6.07, 6.45) is 0.546. The molecular weight excluding hydrogens is 469 g/mol.